The molecule has 0 aliphatic rings. The van der Waals surface area contributed by atoms with Gasteiger partial charge in [-0.2, -0.15) is 4.98 Å². The predicted octanol–water partition coefficient (Wildman–Crippen LogP) is 4.08. The maximum absolute atomic E-state index is 14.7. The van der Waals surface area contributed by atoms with Gasteiger partial charge >= 0.3 is 5.97 Å². The summed E-state index contributed by atoms with van der Waals surface area (Å²) < 4.78 is 27.0. The molecule has 1 atom stereocenters. The maximum atomic E-state index is 14.7. The number of carboxylic acids is 1. The standard InChI is InChI=1S/C25H28ClFN2O6/c1-25(2,3)19(13-30)29-12-17(24(32)33)21(31)16-11-15(10-14-6-5-7-18(26)20(14)27)23(28-22(16)29)35-9-8-34-4/h5-7,11-12,19,30H,8-10,13H2,1-4H3,(H,32,33)/t19-/m1/s1. The molecule has 0 aliphatic carbocycles. The second-order valence-corrected chi connectivity index (χ2v) is 9.61. The van der Waals surface area contributed by atoms with E-state index in [-0.39, 0.29) is 53.7 Å². The van der Waals surface area contributed by atoms with Gasteiger partial charge in [0.25, 0.3) is 0 Å². The minimum atomic E-state index is -1.40. The summed E-state index contributed by atoms with van der Waals surface area (Å²) >= 11 is 5.93. The Hall–Kier alpha value is -3.01. The van der Waals surface area contributed by atoms with E-state index in [0.717, 1.165) is 0 Å². The van der Waals surface area contributed by atoms with Gasteiger partial charge in [0.15, 0.2) is 0 Å². The molecule has 8 nitrogen and oxygen atoms in total. The number of benzene rings is 1. The number of aromatic carboxylic acids is 1. The number of fused-ring (bicyclic) bond motifs is 1. The number of halogens is 2. The molecule has 0 saturated heterocycles. The highest BCUT2D eigenvalue weighted by molar-refractivity contribution is 6.30. The van der Waals surface area contributed by atoms with Crippen LogP contribution in [0.1, 0.15) is 48.3 Å². The zero-order valence-corrected chi connectivity index (χ0v) is 20.7. The summed E-state index contributed by atoms with van der Waals surface area (Å²) in [6.07, 6.45) is 1.19. The number of aliphatic hydroxyl groups is 1. The number of pyridine rings is 2. The van der Waals surface area contributed by atoms with E-state index in [4.69, 9.17) is 21.1 Å². The van der Waals surface area contributed by atoms with Gasteiger partial charge in [0.1, 0.15) is 23.6 Å². The first kappa shape index (κ1) is 26.6. The van der Waals surface area contributed by atoms with E-state index < -0.39 is 34.2 Å². The van der Waals surface area contributed by atoms with E-state index in [9.17, 15) is 24.2 Å². The molecule has 0 unspecified atom stereocenters. The highest BCUT2D eigenvalue weighted by Gasteiger charge is 2.29. The molecule has 0 radical (unpaired) electrons. The Labute approximate surface area is 206 Å². The molecule has 0 fully saturated rings. The molecule has 3 aromatic rings. The Bertz CT molecular complexity index is 1300. The normalized spacial score (nSPS) is 12.7. The lowest BCUT2D eigenvalue weighted by Gasteiger charge is -2.32. The first-order chi connectivity index (χ1) is 16.5. The largest absolute Gasteiger partial charge is 0.477 e. The van der Waals surface area contributed by atoms with E-state index in [1.807, 2.05) is 20.8 Å². The van der Waals surface area contributed by atoms with Crippen LogP contribution in [0.5, 0.6) is 5.88 Å². The number of rotatable bonds is 9. The second-order valence-electron chi connectivity index (χ2n) is 9.20. The molecule has 188 valence electrons. The van der Waals surface area contributed by atoms with Crippen molar-refractivity contribution in [1.29, 1.82) is 0 Å². The lowest BCUT2D eigenvalue weighted by Crippen LogP contribution is -2.31. The van der Waals surface area contributed by atoms with Crippen LogP contribution in [0.4, 0.5) is 4.39 Å². The summed E-state index contributed by atoms with van der Waals surface area (Å²) in [6.45, 7) is 5.72. The van der Waals surface area contributed by atoms with Gasteiger partial charge in [-0.1, -0.05) is 44.5 Å². The van der Waals surface area contributed by atoms with Gasteiger partial charge in [-0.3, -0.25) is 4.79 Å². The molecule has 0 amide bonds. The molecular weight excluding hydrogens is 479 g/mol. The Balaban J connectivity index is 2.33. The molecule has 0 aliphatic heterocycles. The van der Waals surface area contributed by atoms with E-state index in [0.29, 0.717) is 5.56 Å². The minimum absolute atomic E-state index is 0.00289. The zero-order valence-electron chi connectivity index (χ0n) is 20.0. The van der Waals surface area contributed by atoms with Crippen LogP contribution in [-0.4, -0.2) is 52.7 Å². The second kappa shape index (κ2) is 10.7. The molecular formula is C25H28ClFN2O6. The highest BCUT2D eigenvalue weighted by atomic mass is 35.5. The molecule has 2 aromatic heterocycles. The molecule has 0 saturated carbocycles. The van der Waals surface area contributed by atoms with Crippen molar-refractivity contribution in [2.45, 2.75) is 33.2 Å². The van der Waals surface area contributed by atoms with Gasteiger partial charge < -0.3 is 24.3 Å². The van der Waals surface area contributed by atoms with Crippen LogP contribution >= 0.6 is 11.6 Å². The number of ether oxygens (including phenoxy) is 2. The SMILES string of the molecule is COCCOc1nc2c(cc1Cc1cccc(Cl)c1F)c(=O)c(C(=O)O)cn2[C@H](CO)C(C)(C)C. The molecule has 3 rings (SSSR count). The minimum Gasteiger partial charge on any atom is -0.477 e. The van der Waals surface area contributed by atoms with E-state index in [1.165, 1.54) is 30.0 Å². The fourth-order valence-electron chi connectivity index (χ4n) is 3.83. The van der Waals surface area contributed by atoms with Crippen LogP contribution in [0.3, 0.4) is 0 Å². The Morgan fingerprint density at radius 1 is 1.26 bits per heavy atom. The summed E-state index contributed by atoms with van der Waals surface area (Å²) in [5, 5.41) is 19.8. The number of aliphatic hydroxyl groups excluding tert-OH is 1. The molecule has 2 heterocycles. The van der Waals surface area contributed by atoms with E-state index >= 15 is 0 Å². The zero-order chi connectivity index (χ0) is 25.9. The van der Waals surface area contributed by atoms with Gasteiger partial charge in [-0.05, 0) is 23.1 Å². The molecule has 2 N–H and O–H groups in total. The quantitative estimate of drug-likeness (QED) is 0.420. The predicted molar refractivity (Wildman–Crippen MR) is 130 cm³/mol. The van der Waals surface area contributed by atoms with Gasteiger partial charge in [0.05, 0.1) is 29.7 Å². The Kier molecular flexibility index (Phi) is 8.15. The third-order valence-corrected chi connectivity index (χ3v) is 6.01. The highest BCUT2D eigenvalue weighted by Crippen LogP contribution is 2.34. The summed E-state index contributed by atoms with van der Waals surface area (Å²) in [5.74, 6) is -1.88. The summed E-state index contributed by atoms with van der Waals surface area (Å²) in [7, 11) is 1.51. The van der Waals surface area contributed by atoms with Gasteiger partial charge in [-0.15, -0.1) is 0 Å². The van der Waals surface area contributed by atoms with Crippen LogP contribution in [0, 0.1) is 11.2 Å². The van der Waals surface area contributed by atoms with Crippen molar-refractivity contribution in [2.75, 3.05) is 26.9 Å². The molecule has 35 heavy (non-hydrogen) atoms. The molecule has 0 bridgehead atoms. The Morgan fingerprint density at radius 2 is 1.97 bits per heavy atom. The molecule has 0 spiro atoms. The number of aromatic nitrogens is 2. The lowest BCUT2D eigenvalue weighted by atomic mass is 9.86. The van der Waals surface area contributed by atoms with Crippen LogP contribution < -0.4 is 10.2 Å². The van der Waals surface area contributed by atoms with Crippen molar-refractivity contribution in [3.8, 4) is 5.88 Å². The maximum Gasteiger partial charge on any atom is 0.341 e. The van der Waals surface area contributed by atoms with Crippen LogP contribution in [0.2, 0.25) is 5.02 Å². The average molecular weight is 507 g/mol. The topological polar surface area (TPSA) is 111 Å². The van der Waals surface area contributed by atoms with Crippen LogP contribution in [0.15, 0.2) is 35.3 Å². The first-order valence-corrected chi connectivity index (χ1v) is 11.3. The third-order valence-electron chi connectivity index (χ3n) is 5.72. The van der Waals surface area contributed by atoms with Crippen molar-refractivity contribution in [3.05, 3.63) is 68.2 Å². The third kappa shape index (κ3) is 5.63. The van der Waals surface area contributed by atoms with E-state index in [2.05, 4.69) is 4.98 Å². The summed E-state index contributed by atoms with van der Waals surface area (Å²) in [4.78, 5) is 29.6. The monoisotopic (exact) mass is 506 g/mol. The number of hydrogen-bond donors (Lipinski definition) is 2. The van der Waals surface area contributed by atoms with Crippen LogP contribution in [-0.2, 0) is 11.2 Å². The van der Waals surface area contributed by atoms with Crippen molar-refractivity contribution in [1.82, 2.24) is 9.55 Å². The fraction of sp³-hybridized carbons (Fsp3) is 0.400. The number of carboxylic acid groups (broad SMARTS) is 1. The smallest absolute Gasteiger partial charge is 0.341 e. The van der Waals surface area contributed by atoms with Crippen molar-refractivity contribution < 1.29 is 28.9 Å². The first-order valence-electron chi connectivity index (χ1n) is 11.0. The summed E-state index contributed by atoms with van der Waals surface area (Å²) in [6, 6.07) is 5.45. The number of nitrogens with zero attached hydrogens (tertiary/aromatic N) is 2. The average Bonchev–Trinajstić information content (AvgIpc) is 2.78. The fourth-order valence-corrected chi connectivity index (χ4v) is 4.02. The van der Waals surface area contributed by atoms with Crippen molar-refractivity contribution in [3.63, 3.8) is 0 Å². The van der Waals surface area contributed by atoms with Gasteiger partial charge in [0, 0.05) is 25.3 Å². The van der Waals surface area contributed by atoms with Gasteiger partial charge in [0.2, 0.25) is 11.3 Å². The number of carbonyl (C=O) groups is 1. The van der Waals surface area contributed by atoms with Crippen molar-refractivity contribution >= 4 is 28.6 Å². The lowest BCUT2D eigenvalue weighted by molar-refractivity contribution is 0.0692. The van der Waals surface area contributed by atoms with Crippen molar-refractivity contribution in [2.24, 2.45) is 5.41 Å². The summed E-state index contributed by atoms with van der Waals surface area (Å²) in [5.41, 5.74) is -0.927. The molecule has 10 heteroatoms. The molecule has 1 aromatic carbocycles. The number of hydrogen-bond acceptors (Lipinski definition) is 6. The van der Waals surface area contributed by atoms with E-state index in [1.54, 1.807) is 12.1 Å². The van der Waals surface area contributed by atoms with Crippen LogP contribution in [0.25, 0.3) is 11.0 Å². The number of methoxy groups -OCH3 is 1. The Morgan fingerprint density at radius 3 is 2.57 bits per heavy atom. The van der Waals surface area contributed by atoms with Gasteiger partial charge in [-0.25, -0.2) is 9.18 Å².